The average molecular weight is 259 g/mol. The van der Waals surface area contributed by atoms with Crippen LogP contribution in [0.5, 0.6) is 0 Å². The van der Waals surface area contributed by atoms with Gasteiger partial charge in [-0.3, -0.25) is 0 Å². The van der Waals surface area contributed by atoms with Crippen molar-refractivity contribution in [3.63, 3.8) is 0 Å². The topological polar surface area (TPSA) is 59.6 Å². The van der Waals surface area contributed by atoms with Crippen LogP contribution in [0.25, 0.3) is 0 Å². The molecule has 0 radical (unpaired) electrons. The zero-order chi connectivity index (χ0) is 13.9. The molecule has 0 fully saturated rings. The predicted molar refractivity (Wildman–Crippen MR) is 49.2 cm³/mol. The number of hydrogen-bond donors (Lipinski definition) is 1. The molecule has 0 aromatic heterocycles. The molecule has 0 unspecified atom stereocenters. The molecule has 0 atom stereocenters. The Morgan fingerprint density at radius 3 is 1.61 bits per heavy atom. The second-order valence-electron chi connectivity index (χ2n) is 2.87. The van der Waals surface area contributed by atoms with Crippen molar-refractivity contribution in [1.82, 2.24) is 0 Å². The van der Waals surface area contributed by atoms with Gasteiger partial charge < -0.3 is 5.32 Å². The number of allylic oxidation sites excluding steroid dienone is 1. The maximum Gasteiger partial charge on any atom is 0.200 e. The summed E-state index contributed by atoms with van der Waals surface area (Å²) >= 11 is 0. The molecule has 0 aliphatic heterocycles. The van der Waals surface area contributed by atoms with E-state index in [1.807, 2.05) is 0 Å². The van der Waals surface area contributed by atoms with Gasteiger partial charge in [0.1, 0.15) is 23.4 Å². The monoisotopic (exact) mass is 259 g/mol. The van der Waals surface area contributed by atoms with Gasteiger partial charge in [-0.25, -0.2) is 22.0 Å². The van der Waals surface area contributed by atoms with E-state index in [1.54, 1.807) is 5.32 Å². The second-order valence-corrected chi connectivity index (χ2v) is 2.87. The van der Waals surface area contributed by atoms with Crippen LogP contribution in [-0.2, 0) is 0 Å². The van der Waals surface area contributed by atoms with Gasteiger partial charge in [0.05, 0.1) is 0 Å². The minimum atomic E-state index is -2.29. The first kappa shape index (κ1) is 13.5. The van der Waals surface area contributed by atoms with Gasteiger partial charge in [0, 0.05) is 6.20 Å². The van der Waals surface area contributed by atoms with E-state index in [9.17, 15) is 22.0 Å². The summed E-state index contributed by atoms with van der Waals surface area (Å²) in [5.41, 5.74) is -1.94. The summed E-state index contributed by atoms with van der Waals surface area (Å²) in [6.07, 6.45) is 0.526. The van der Waals surface area contributed by atoms with Gasteiger partial charge in [-0.15, -0.1) is 0 Å². The number of anilines is 1. The van der Waals surface area contributed by atoms with Gasteiger partial charge >= 0.3 is 0 Å². The number of benzene rings is 1. The van der Waals surface area contributed by atoms with Crippen molar-refractivity contribution in [3.8, 4) is 12.1 Å². The van der Waals surface area contributed by atoms with Crippen molar-refractivity contribution >= 4 is 5.69 Å². The highest BCUT2D eigenvalue weighted by Crippen LogP contribution is 2.27. The molecule has 8 heteroatoms. The van der Waals surface area contributed by atoms with E-state index >= 15 is 0 Å². The van der Waals surface area contributed by atoms with E-state index in [-0.39, 0.29) is 0 Å². The molecule has 92 valence electrons. The molecule has 0 saturated heterocycles. The summed E-state index contributed by atoms with van der Waals surface area (Å²) in [5.74, 6) is -10.7. The number of rotatable bonds is 2. The van der Waals surface area contributed by atoms with Gasteiger partial charge in [0.15, 0.2) is 23.3 Å². The Morgan fingerprint density at radius 2 is 1.22 bits per heavy atom. The van der Waals surface area contributed by atoms with Crippen LogP contribution in [0.2, 0.25) is 0 Å². The van der Waals surface area contributed by atoms with Crippen molar-refractivity contribution in [2.24, 2.45) is 0 Å². The normalized spacial score (nSPS) is 9.28. The Bertz CT molecular complexity index is 564. The Hall–Kier alpha value is -2.61. The Morgan fingerprint density at radius 1 is 0.833 bits per heavy atom. The third-order valence-electron chi connectivity index (χ3n) is 1.81. The average Bonchev–Trinajstić information content (AvgIpc) is 2.38. The van der Waals surface area contributed by atoms with Crippen molar-refractivity contribution in [3.05, 3.63) is 40.9 Å². The number of hydrogen-bond acceptors (Lipinski definition) is 3. The van der Waals surface area contributed by atoms with Gasteiger partial charge in [0.25, 0.3) is 0 Å². The lowest BCUT2D eigenvalue weighted by molar-refractivity contribution is 0.382. The molecule has 0 heterocycles. The molecule has 1 aromatic rings. The second kappa shape index (κ2) is 5.15. The van der Waals surface area contributed by atoms with E-state index in [4.69, 9.17) is 10.5 Å². The van der Waals surface area contributed by atoms with Crippen LogP contribution in [0, 0.1) is 51.7 Å². The molecular formula is C10H2F5N3. The molecule has 0 spiro atoms. The van der Waals surface area contributed by atoms with E-state index < -0.39 is 40.3 Å². The van der Waals surface area contributed by atoms with Crippen LogP contribution >= 0.6 is 0 Å². The lowest BCUT2D eigenvalue weighted by atomic mass is 10.2. The Balaban J connectivity index is 3.33. The summed E-state index contributed by atoms with van der Waals surface area (Å²) in [7, 11) is 0. The summed E-state index contributed by atoms with van der Waals surface area (Å²) < 4.78 is 64.3. The molecule has 0 bridgehead atoms. The number of nitrogens with one attached hydrogen (secondary N) is 1. The van der Waals surface area contributed by atoms with E-state index in [2.05, 4.69) is 0 Å². The van der Waals surface area contributed by atoms with E-state index in [0.717, 1.165) is 0 Å². The fourth-order valence-electron chi connectivity index (χ4n) is 0.966. The number of nitriles is 2. The van der Waals surface area contributed by atoms with Gasteiger partial charge in [-0.05, 0) is 0 Å². The van der Waals surface area contributed by atoms with Crippen molar-refractivity contribution < 1.29 is 22.0 Å². The minimum Gasteiger partial charge on any atom is -0.355 e. The first-order valence-electron chi connectivity index (χ1n) is 4.22. The van der Waals surface area contributed by atoms with Gasteiger partial charge in [-0.2, -0.15) is 10.5 Å². The summed E-state index contributed by atoms with van der Waals surface area (Å²) in [5, 5.41) is 18.3. The Labute approximate surface area is 97.4 Å². The molecule has 18 heavy (non-hydrogen) atoms. The van der Waals surface area contributed by atoms with Crippen LogP contribution in [0.15, 0.2) is 11.8 Å². The van der Waals surface area contributed by atoms with E-state index in [0.29, 0.717) is 6.20 Å². The van der Waals surface area contributed by atoms with Crippen LogP contribution < -0.4 is 5.32 Å². The van der Waals surface area contributed by atoms with Gasteiger partial charge in [0.2, 0.25) is 5.82 Å². The minimum absolute atomic E-state index is 0.526. The summed E-state index contributed by atoms with van der Waals surface area (Å²) in [6, 6.07) is 2.67. The molecule has 0 aliphatic rings. The molecule has 0 saturated carbocycles. The zero-order valence-electron chi connectivity index (χ0n) is 8.36. The molecular weight excluding hydrogens is 257 g/mol. The highest BCUT2D eigenvalue weighted by molar-refractivity contribution is 5.52. The number of nitrogens with zero attached hydrogens (tertiary/aromatic N) is 2. The predicted octanol–water partition coefficient (Wildman–Crippen LogP) is 2.73. The molecule has 3 nitrogen and oxygen atoms in total. The van der Waals surface area contributed by atoms with Crippen LogP contribution in [0.1, 0.15) is 0 Å². The fourth-order valence-corrected chi connectivity index (χ4v) is 0.966. The van der Waals surface area contributed by atoms with Crippen LogP contribution in [0.3, 0.4) is 0 Å². The van der Waals surface area contributed by atoms with Crippen molar-refractivity contribution in [2.45, 2.75) is 0 Å². The lowest BCUT2D eigenvalue weighted by Crippen LogP contribution is -2.06. The quantitative estimate of drug-likeness (QED) is 0.384. The molecule has 0 aliphatic carbocycles. The smallest absolute Gasteiger partial charge is 0.200 e. The van der Waals surface area contributed by atoms with Crippen molar-refractivity contribution in [2.75, 3.05) is 5.32 Å². The molecule has 1 N–H and O–H groups in total. The third-order valence-corrected chi connectivity index (χ3v) is 1.81. The highest BCUT2D eigenvalue weighted by atomic mass is 19.2. The van der Waals surface area contributed by atoms with Crippen LogP contribution in [-0.4, -0.2) is 0 Å². The molecule has 0 amide bonds. The fraction of sp³-hybridized carbons (Fsp3) is 0. The molecule has 1 rings (SSSR count). The maximum atomic E-state index is 13.1. The summed E-state index contributed by atoms with van der Waals surface area (Å²) in [6.45, 7) is 0. The highest BCUT2D eigenvalue weighted by Gasteiger charge is 2.25. The number of halogens is 5. The lowest BCUT2D eigenvalue weighted by Gasteiger charge is -2.07. The van der Waals surface area contributed by atoms with Crippen LogP contribution in [0.4, 0.5) is 27.6 Å². The summed E-state index contributed by atoms with van der Waals surface area (Å²) in [4.78, 5) is 0. The zero-order valence-corrected chi connectivity index (χ0v) is 8.36. The third kappa shape index (κ3) is 2.23. The van der Waals surface area contributed by atoms with Gasteiger partial charge in [-0.1, -0.05) is 0 Å². The standard InChI is InChI=1S/C10H2F5N3/c11-5-6(12)8(14)10(9(15)7(5)13)18-3-4(1-16)2-17/h3,18H. The van der Waals surface area contributed by atoms with E-state index in [1.165, 1.54) is 12.1 Å². The maximum absolute atomic E-state index is 13.1. The first-order valence-corrected chi connectivity index (χ1v) is 4.22. The largest absolute Gasteiger partial charge is 0.355 e. The van der Waals surface area contributed by atoms with Crippen molar-refractivity contribution in [1.29, 1.82) is 10.5 Å². The molecule has 1 aromatic carbocycles. The SMILES string of the molecule is N#CC(C#N)=CNc1c(F)c(F)c(F)c(F)c1F. The first-order chi connectivity index (χ1) is 8.43. The Kier molecular flexibility index (Phi) is 3.85.